The van der Waals surface area contributed by atoms with Crippen LogP contribution < -0.4 is 11.1 Å². The van der Waals surface area contributed by atoms with Crippen molar-refractivity contribution in [1.29, 1.82) is 0 Å². The molecule has 2 atom stereocenters. The number of hydrogen-bond acceptors (Lipinski definition) is 5. The second kappa shape index (κ2) is 5.38. The maximum absolute atomic E-state index is 12.0. The van der Waals surface area contributed by atoms with Gasteiger partial charge >= 0.3 is 0 Å². The van der Waals surface area contributed by atoms with Gasteiger partial charge in [0.15, 0.2) is 9.84 Å². The van der Waals surface area contributed by atoms with E-state index in [1.807, 2.05) is 6.92 Å². The van der Waals surface area contributed by atoms with E-state index < -0.39 is 15.4 Å². The summed E-state index contributed by atoms with van der Waals surface area (Å²) in [5.74, 6) is 0.618. The highest BCUT2D eigenvalue weighted by atomic mass is 32.2. The molecule has 0 aromatic carbocycles. The molecule has 2 heterocycles. The van der Waals surface area contributed by atoms with Gasteiger partial charge in [0.05, 0.1) is 23.6 Å². The van der Waals surface area contributed by atoms with Gasteiger partial charge in [-0.05, 0) is 38.8 Å². The topological polar surface area (TPSA) is 92.5 Å². The molecule has 6 nitrogen and oxygen atoms in total. The number of carbonyl (C=O) groups excluding carboxylic acids is 1. The monoisotopic (exact) mass is 289 g/mol. The molecular formula is C12H23N3O3S. The van der Waals surface area contributed by atoms with Gasteiger partial charge in [0.25, 0.3) is 0 Å². The van der Waals surface area contributed by atoms with Crippen molar-refractivity contribution in [1.82, 2.24) is 10.2 Å². The fraction of sp³-hybridized carbons (Fsp3) is 0.917. The number of nitrogens with two attached hydrogens (primary N) is 1. The van der Waals surface area contributed by atoms with Gasteiger partial charge in [-0.25, -0.2) is 8.42 Å². The zero-order valence-corrected chi connectivity index (χ0v) is 12.2. The minimum Gasteiger partial charge on any atom is -0.349 e. The van der Waals surface area contributed by atoms with Gasteiger partial charge in [0.2, 0.25) is 5.91 Å². The summed E-state index contributed by atoms with van der Waals surface area (Å²) in [4.78, 5) is 14.1. The third kappa shape index (κ3) is 3.90. The van der Waals surface area contributed by atoms with E-state index in [0.717, 1.165) is 19.5 Å². The Morgan fingerprint density at radius 1 is 1.53 bits per heavy atom. The Hall–Kier alpha value is -0.660. The first-order valence-electron chi connectivity index (χ1n) is 6.76. The lowest BCUT2D eigenvalue weighted by atomic mass is 10.0. The van der Waals surface area contributed by atoms with Crippen LogP contribution >= 0.6 is 0 Å². The van der Waals surface area contributed by atoms with Crippen molar-refractivity contribution in [3.63, 3.8) is 0 Å². The van der Waals surface area contributed by atoms with E-state index in [-0.39, 0.29) is 17.4 Å². The van der Waals surface area contributed by atoms with Crippen LogP contribution in [0.1, 0.15) is 19.8 Å². The molecular weight excluding hydrogens is 266 g/mol. The maximum Gasteiger partial charge on any atom is 0.234 e. The van der Waals surface area contributed by atoms with Gasteiger partial charge in [0.1, 0.15) is 0 Å². The predicted molar refractivity (Wildman–Crippen MR) is 73.4 cm³/mol. The number of sulfone groups is 1. The average Bonchev–Trinajstić information content (AvgIpc) is 2.83. The number of likely N-dealkylation sites (tertiary alicyclic amines) is 1. The first-order valence-corrected chi connectivity index (χ1v) is 8.58. The largest absolute Gasteiger partial charge is 0.349 e. The molecule has 1 amide bonds. The Labute approximate surface area is 114 Å². The second-order valence-corrected chi connectivity index (χ2v) is 8.26. The van der Waals surface area contributed by atoms with E-state index in [0.29, 0.717) is 25.4 Å². The molecule has 0 radical (unpaired) electrons. The van der Waals surface area contributed by atoms with Crippen molar-refractivity contribution in [3.8, 4) is 0 Å². The Kier molecular flexibility index (Phi) is 4.17. The number of rotatable bonds is 4. The first-order chi connectivity index (χ1) is 8.82. The summed E-state index contributed by atoms with van der Waals surface area (Å²) in [6, 6.07) is 0. The highest BCUT2D eigenvalue weighted by Crippen LogP contribution is 2.23. The molecule has 0 saturated carbocycles. The lowest BCUT2D eigenvalue weighted by Crippen LogP contribution is -2.50. The van der Waals surface area contributed by atoms with Crippen molar-refractivity contribution < 1.29 is 13.2 Å². The lowest BCUT2D eigenvalue weighted by molar-refractivity contribution is -0.123. The molecule has 19 heavy (non-hydrogen) atoms. The molecule has 2 unspecified atom stereocenters. The third-order valence-corrected chi connectivity index (χ3v) is 5.92. The molecule has 0 aliphatic carbocycles. The SMILES string of the molecule is CC1(NC(=O)CN2CCC(CN)C2)CCS(=O)(=O)C1. The van der Waals surface area contributed by atoms with Crippen LogP contribution in [-0.4, -0.2) is 62.4 Å². The molecule has 0 bridgehead atoms. The standard InChI is InChI=1S/C12H23N3O3S/c1-12(3-5-19(17,18)9-12)14-11(16)8-15-4-2-10(6-13)7-15/h10H,2-9,13H2,1H3,(H,14,16). The Bertz CT molecular complexity index is 451. The molecule has 2 fully saturated rings. The summed E-state index contributed by atoms with van der Waals surface area (Å²) >= 11 is 0. The molecule has 0 aromatic rings. The van der Waals surface area contributed by atoms with E-state index in [1.165, 1.54) is 0 Å². The number of carbonyl (C=O) groups is 1. The van der Waals surface area contributed by atoms with E-state index in [2.05, 4.69) is 10.2 Å². The van der Waals surface area contributed by atoms with Crippen LogP contribution in [0.25, 0.3) is 0 Å². The van der Waals surface area contributed by atoms with E-state index in [1.54, 1.807) is 0 Å². The molecule has 0 spiro atoms. The second-order valence-electron chi connectivity index (χ2n) is 6.08. The fourth-order valence-electron chi connectivity index (χ4n) is 2.94. The van der Waals surface area contributed by atoms with Crippen molar-refractivity contribution in [3.05, 3.63) is 0 Å². The fourth-order valence-corrected chi connectivity index (χ4v) is 5.03. The maximum atomic E-state index is 12.0. The molecule has 2 aliphatic rings. The van der Waals surface area contributed by atoms with Gasteiger partial charge in [0, 0.05) is 6.54 Å². The van der Waals surface area contributed by atoms with Gasteiger partial charge < -0.3 is 11.1 Å². The van der Waals surface area contributed by atoms with Crippen molar-refractivity contribution in [2.45, 2.75) is 25.3 Å². The van der Waals surface area contributed by atoms with E-state index in [4.69, 9.17) is 5.73 Å². The summed E-state index contributed by atoms with van der Waals surface area (Å²) in [6.45, 7) is 4.56. The third-order valence-electron chi connectivity index (χ3n) is 4.02. The predicted octanol–water partition coefficient (Wildman–Crippen LogP) is -1.04. The average molecular weight is 289 g/mol. The first kappa shape index (κ1) is 14.7. The summed E-state index contributed by atoms with van der Waals surface area (Å²) < 4.78 is 23.0. The quantitative estimate of drug-likeness (QED) is 0.690. The van der Waals surface area contributed by atoms with Gasteiger partial charge in [-0.3, -0.25) is 9.69 Å². The van der Waals surface area contributed by atoms with Crippen molar-refractivity contribution in [2.24, 2.45) is 11.7 Å². The molecule has 110 valence electrons. The van der Waals surface area contributed by atoms with Crippen LogP contribution in [0.5, 0.6) is 0 Å². The van der Waals surface area contributed by atoms with Crippen LogP contribution in [0.15, 0.2) is 0 Å². The Morgan fingerprint density at radius 3 is 2.79 bits per heavy atom. The normalized spacial score (nSPS) is 34.5. The minimum atomic E-state index is -2.98. The molecule has 3 N–H and O–H groups in total. The highest BCUT2D eigenvalue weighted by molar-refractivity contribution is 7.91. The van der Waals surface area contributed by atoms with Crippen LogP contribution in [-0.2, 0) is 14.6 Å². The van der Waals surface area contributed by atoms with E-state index in [9.17, 15) is 13.2 Å². The minimum absolute atomic E-state index is 0.0527. The van der Waals surface area contributed by atoms with Crippen LogP contribution in [0.3, 0.4) is 0 Å². The van der Waals surface area contributed by atoms with Crippen LogP contribution in [0, 0.1) is 5.92 Å². The van der Waals surface area contributed by atoms with Crippen LogP contribution in [0.4, 0.5) is 0 Å². The zero-order chi connectivity index (χ0) is 14.1. The summed E-state index contributed by atoms with van der Waals surface area (Å²) in [7, 11) is -2.98. The van der Waals surface area contributed by atoms with Gasteiger partial charge in [-0.15, -0.1) is 0 Å². The summed E-state index contributed by atoms with van der Waals surface area (Å²) in [5.41, 5.74) is 5.02. The van der Waals surface area contributed by atoms with E-state index >= 15 is 0 Å². The molecule has 0 aromatic heterocycles. The zero-order valence-electron chi connectivity index (χ0n) is 11.4. The smallest absolute Gasteiger partial charge is 0.234 e. The Morgan fingerprint density at radius 2 is 2.26 bits per heavy atom. The number of hydrogen-bond donors (Lipinski definition) is 2. The lowest BCUT2D eigenvalue weighted by Gasteiger charge is -2.25. The molecule has 2 rings (SSSR count). The van der Waals surface area contributed by atoms with Crippen LogP contribution in [0.2, 0.25) is 0 Å². The number of nitrogens with one attached hydrogen (secondary N) is 1. The Balaban J connectivity index is 1.82. The molecule has 7 heteroatoms. The highest BCUT2D eigenvalue weighted by Gasteiger charge is 2.39. The molecule has 2 aliphatic heterocycles. The van der Waals surface area contributed by atoms with Gasteiger partial charge in [-0.2, -0.15) is 0 Å². The summed E-state index contributed by atoms with van der Waals surface area (Å²) in [6.07, 6.45) is 1.54. The molecule has 2 saturated heterocycles. The van der Waals surface area contributed by atoms with Crippen molar-refractivity contribution in [2.75, 3.05) is 37.7 Å². The number of nitrogens with zero attached hydrogens (tertiary/aromatic N) is 1. The summed E-state index contributed by atoms with van der Waals surface area (Å²) in [5, 5.41) is 2.88. The van der Waals surface area contributed by atoms with Crippen molar-refractivity contribution >= 4 is 15.7 Å². The van der Waals surface area contributed by atoms with Gasteiger partial charge in [-0.1, -0.05) is 0 Å². The number of amides is 1.